The zero-order valence-corrected chi connectivity index (χ0v) is 10.3. The van der Waals surface area contributed by atoms with E-state index in [0.717, 1.165) is 27.4 Å². The summed E-state index contributed by atoms with van der Waals surface area (Å²) < 4.78 is 0. The van der Waals surface area contributed by atoms with E-state index in [0.29, 0.717) is 6.42 Å². The van der Waals surface area contributed by atoms with Crippen molar-refractivity contribution in [1.29, 1.82) is 0 Å². The largest absolute Gasteiger partial charge is 0.294 e. The topological polar surface area (TPSA) is 30.0 Å². The van der Waals surface area contributed by atoms with Gasteiger partial charge in [0.1, 0.15) is 0 Å². The van der Waals surface area contributed by atoms with E-state index in [-0.39, 0.29) is 5.78 Å². The van der Waals surface area contributed by atoms with Gasteiger partial charge in [0.15, 0.2) is 5.78 Å². The van der Waals surface area contributed by atoms with Crippen LogP contribution in [0.5, 0.6) is 0 Å². The highest BCUT2D eigenvalue weighted by molar-refractivity contribution is 6.13. The van der Waals surface area contributed by atoms with Crippen molar-refractivity contribution in [1.82, 2.24) is 4.98 Å². The summed E-state index contributed by atoms with van der Waals surface area (Å²) in [6.45, 7) is 0. The number of hydrogen-bond donors (Lipinski definition) is 0. The van der Waals surface area contributed by atoms with Gasteiger partial charge in [-0.3, -0.25) is 9.78 Å². The summed E-state index contributed by atoms with van der Waals surface area (Å²) in [5.74, 6) is 0.175. The van der Waals surface area contributed by atoms with Gasteiger partial charge in [0.25, 0.3) is 0 Å². The predicted molar refractivity (Wildman–Crippen MR) is 77.2 cm³/mol. The maximum Gasteiger partial charge on any atom is 0.167 e. The standard InChI is InChI=1S/C17H11NO/c19-16-7-3-6-14-13(16)8-9-15-12-5-2-1-4-11(12)10-18-17(14)15/h1-6,8-10H,7H2. The Morgan fingerprint density at radius 3 is 2.84 bits per heavy atom. The molecule has 0 saturated heterocycles. The van der Waals surface area contributed by atoms with Crippen molar-refractivity contribution in [3.8, 4) is 0 Å². The van der Waals surface area contributed by atoms with E-state index in [4.69, 9.17) is 0 Å². The summed E-state index contributed by atoms with van der Waals surface area (Å²) >= 11 is 0. The van der Waals surface area contributed by atoms with Crippen molar-refractivity contribution in [2.24, 2.45) is 0 Å². The van der Waals surface area contributed by atoms with Gasteiger partial charge in [-0.15, -0.1) is 0 Å². The SMILES string of the molecule is O=C1CC=Cc2c1ccc1c2ncc2ccccc21. The van der Waals surface area contributed by atoms with Crippen LogP contribution in [-0.2, 0) is 0 Å². The highest BCUT2D eigenvalue weighted by Gasteiger charge is 2.16. The maximum atomic E-state index is 11.9. The first kappa shape index (κ1) is 10.4. The van der Waals surface area contributed by atoms with Crippen LogP contribution in [0.4, 0.5) is 0 Å². The average Bonchev–Trinajstić information content (AvgIpc) is 2.47. The summed E-state index contributed by atoms with van der Waals surface area (Å²) in [6, 6.07) is 12.1. The molecule has 90 valence electrons. The molecule has 0 saturated carbocycles. The van der Waals surface area contributed by atoms with Gasteiger partial charge in [-0.1, -0.05) is 48.6 Å². The number of hydrogen-bond acceptors (Lipinski definition) is 2. The predicted octanol–water partition coefficient (Wildman–Crippen LogP) is 3.99. The van der Waals surface area contributed by atoms with E-state index in [1.165, 1.54) is 5.39 Å². The van der Waals surface area contributed by atoms with Crippen LogP contribution < -0.4 is 0 Å². The Hall–Kier alpha value is -2.48. The van der Waals surface area contributed by atoms with Crippen molar-refractivity contribution in [3.05, 3.63) is 59.8 Å². The van der Waals surface area contributed by atoms with Crippen molar-refractivity contribution < 1.29 is 4.79 Å². The monoisotopic (exact) mass is 245 g/mol. The van der Waals surface area contributed by atoms with Crippen LogP contribution in [0.1, 0.15) is 22.3 Å². The van der Waals surface area contributed by atoms with E-state index < -0.39 is 0 Å². The van der Waals surface area contributed by atoms with E-state index in [9.17, 15) is 4.79 Å². The molecule has 19 heavy (non-hydrogen) atoms. The van der Waals surface area contributed by atoms with Gasteiger partial charge >= 0.3 is 0 Å². The number of nitrogens with zero attached hydrogens (tertiary/aromatic N) is 1. The molecular weight excluding hydrogens is 234 g/mol. The molecule has 2 aromatic carbocycles. The molecule has 4 rings (SSSR count). The fraction of sp³-hybridized carbons (Fsp3) is 0.0588. The summed E-state index contributed by atoms with van der Waals surface area (Å²) in [4.78, 5) is 16.5. The van der Waals surface area contributed by atoms with Crippen LogP contribution in [0.15, 0.2) is 48.7 Å². The molecule has 0 aliphatic heterocycles. The van der Waals surface area contributed by atoms with E-state index in [1.54, 1.807) is 0 Å². The Labute approximate surface area is 110 Å². The third-order valence-electron chi connectivity index (χ3n) is 3.69. The smallest absolute Gasteiger partial charge is 0.167 e. The number of allylic oxidation sites excluding steroid dienone is 1. The summed E-state index contributed by atoms with van der Waals surface area (Å²) in [5.41, 5.74) is 2.66. The lowest BCUT2D eigenvalue weighted by atomic mass is 9.92. The number of carbonyl (C=O) groups is 1. The third-order valence-corrected chi connectivity index (χ3v) is 3.69. The van der Waals surface area contributed by atoms with Crippen LogP contribution >= 0.6 is 0 Å². The first-order valence-corrected chi connectivity index (χ1v) is 6.35. The van der Waals surface area contributed by atoms with Gasteiger partial charge in [-0.25, -0.2) is 0 Å². The van der Waals surface area contributed by atoms with Gasteiger partial charge in [-0.2, -0.15) is 0 Å². The molecule has 2 nitrogen and oxygen atoms in total. The molecule has 3 aromatic rings. The van der Waals surface area contributed by atoms with E-state index >= 15 is 0 Å². The van der Waals surface area contributed by atoms with Gasteiger partial charge in [-0.05, 0) is 5.39 Å². The summed E-state index contributed by atoms with van der Waals surface area (Å²) in [7, 11) is 0. The number of ketones is 1. The summed E-state index contributed by atoms with van der Waals surface area (Å²) in [5, 5.41) is 3.42. The third kappa shape index (κ3) is 1.43. The second-order valence-electron chi connectivity index (χ2n) is 4.80. The number of fused-ring (bicyclic) bond motifs is 5. The molecule has 0 unspecified atom stereocenters. The first-order chi connectivity index (χ1) is 9.34. The minimum atomic E-state index is 0.175. The van der Waals surface area contributed by atoms with Gasteiger partial charge in [0, 0.05) is 34.5 Å². The molecule has 1 heterocycles. The lowest BCUT2D eigenvalue weighted by molar-refractivity contribution is 0.0994. The molecule has 0 atom stereocenters. The first-order valence-electron chi connectivity index (χ1n) is 6.35. The van der Waals surface area contributed by atoms with E-state index in [2.05, 4.69) is 17.1 Å². The zero-order chi connectivity index (χ0) is 12.8. The molecule has 1 aromatic heterocycles. The number of rotatable bonds is 0. The number of pyridine rings is 1. The second kappa shape index (κ2) is 3.75. The Balaban J connectivity index is 2.20. The highest BCUT2D eigenvalue weighted by Crippen LogP contribution is 2.30. The van der Waals surface area contributed by atoms with Crippen LogP contribution in [0, 0.1) is 0 Å². The van der Waals surface area contributed by atoms with Crippen molar-refractivity contribution in [2.75, 3.05) is 0 Å². The van der Waals surface area contributed by atoms with Crippen LogP contribution in [0.2, 0.25) is 0 Å². The lowest BCUT2D eigenvalue weighted by Crippen LogP contribution is -2.05. The Bertz CT molecular complexity index is 862. The molecule has 0 bridgehead atoms. The van der Waals surface area contributed by atoms with Gasteiger partial charge < -0.3 is 0 Å². The summed E-state index contributed by atoms with van der Waals surface area (Å²) in [6.07, 6.45) is 6.30. The molecule has 0 radical (unpaired) electrons. The molecule has 0 N–H and O–H groups in total. The fourth-order valence-corrected chi connectivity index (χ4v) is 2.76. The van der Waals surface area contributed by atoms with E-state index in [1.807, 2.05) is 42.6 Å². The molecule has 0 amide bonds. The highest BCUT2D eigenvalue weighted by atomic mass is 16.1. The number of Topliss-reactive ketones (excluding diaryl/α,β-unsaturated/α-hetero) is 1. The zero-order valence-electron chi connectivity index (χ0n) is 10.3. The van der Waals surface area contributed by atoms with Gasteiger partial charge in [0.2, 0.25) is 0 Å². The van der Waals surface area contributed by atoms with Gasteiger partial charge in [0.05, 0.1) is 5.52 Å². The lowest BCUT2D eigenvalue weighted by Gasteiger charge is -2.12. The van der Waals surface area contributed by atoms with Crippen molar-refractivity contribution in [2.45, 2.75) is 6.42 Å². The molecule has 0 fully saturated rings. The minimum absolute atomic E-state index is 0.175. The number of benzene rings is 2. The molecule has 2 heteroatoms. The van der Waals surface area contributed by atoms with Crippen LogP contribution in [-0.4, -0.2) is 10.8 Å². The quantitative estimate of drug-likeness (QED) is 0.560. The average molecular weight is 245 g/mol. The van der Waals surface area contributed by atoms with Crippen LogP contribution in [0.25, 0.3) is 27.8 Å². The van der Waals surface area contributed by atoms with Crippen LogP contribution in [0.3, 0.4) is 0 Å². The fourth-order valence-electron chi connectivity index (χ4n) is 2.76. The molecule has 0 spiro atoms. The molecule has 1 aliphatic rings. The molecule has 1 aliphatic carbocycles. The maximum absolute atomic E-state index is 11.9. The normalized spacial score (nSPS) is 14.0. The Morgan fingerprint density at radius 1 is 1.00 bits per heavy atom. The van der Waals surface area contributed by atoms with Crippen molar-refractivity contribution in [3.63, 3.8) is 0 Å². The van der Waals surface area contributed by atoms with Crippen molar-refractivity contribution >= 4 is 33.5 Å². The Kier molecular flexibility index (Phi) is 2.06. The number of aromatic nitrogens is 1. The molecular formula is C17H11NO. The second-order valence-corrected chi connectivity index (χ2v) is 4.80. The minimum Gasteiger partial charge on any atom is -0.294 e. The Morgan fingerprint density at radius 2 is 1.89 bits per heavy atom. The number of carbonyl (C=O) groups excluding carboxylic acids is 1.